The Bertz CT molecular complexity index is 513. The number of Topliss-reactive ketones (excluding diaryl/α,β-unsaturated/α-hetero) is 1. The molecule has 0 N–H and O–H groups in total. The minimum atomic E-state index is -0.247. The molecule has 2 rings (SSSR count). The Morgan fingerprint density at radius 1 is 1.24 bits per heavy atom. The summed E-state index contributed by atoms with van der Waals surface area (Å²) in [6.07, 6.45) is 4.77. The summed E-state index contributed by atoms with van der Waals surface area (Å²) < 4.78 is 14.5. The van der Waals surface area contributed by atoms with E-state index in [0.29, 0.717) is 12.8 Å². The third-order valence-electron chi connectivity index (χ3n) is 2.71. The van der Waals surface area contributed by atoms with E-state index < -0.39 is 0 Å². The van der Waals surface area contributed by atoms with Gasteiger partial charge in [0.1, 0.15) is 5.82 Å². The highest BCUT2D eigenvalue weighted by atomic mass is 19.1. The third kappa shape index (κ3) is 3.03. The van der Waals surface area contributed by atoms with E-state index in [0.717, 1.165) is 11.1 Å². The highest BCUT2D eigenvalue weighted by molar-refractivity contribution is 5.96. The Balaban J connectivity index is 1.94. The van der Waals surface area contributed by atoms with E-state index in [4.69, 9.17) is 0 Å². The van der Waals surface area contributed by atoms with Crippen molar-refractivity contribution in [3.05, 3.63) is 59.7 Å². The molecule has 0 aliphatic rings. The number of hydrogen-bond donors (Lipinski definition) is 0. The van der Waals surface area contributed by atoms with Crippen molar-refractivity contribution in [3.8, 4) is 0 Å². The monoisotopic (exact) mass is 231 g/mol. The number of rotatable bonds is 4. The molecule has 0 radical (unpaired) electrons. The number of hydrogen-bond acceptors (Lipinski definition) is 1. The fourth-order valence-electron chi connectivity index (χ4n) is 1.72. The van der Waals surface area contributed by atoms with E-state index in [1.165, 1.54) is 12.1 Å². The van der Waals surface area contributed by atoms with E-state index in [-0.39, 0.29) is 11.6 Å². The van der Waals surface area contributed by atoms with Gasteiger partial charge in [-0.1, -0.05) is 12.1 Å². The van der Waals surface area contributed by atoms with Crippen molar-refractivity contribution in [2.24, 2.45) is 7.05 Å². The highest BCUT2D eigenvalue weighted by Gasteiger charge is 2.07. The first-order valence-electron chi connectivity index (χ1n) is 5.55. The smallest absolute Gasteiger partial charge is 0.164 e. The van der Waals surface area contributed by atoms with Crippen LogP contribution in [-0.2, 0) is 13.5 Å². The summed E-state index contributed by atoms with van der Waals surface area (Å²) in [5.74, 6) is -0.127. The predicted molar refractivity (Wildman–Crippen MR) is 64.5 cm³/mol. The molecule has 1 aromatic carbocycles. The average Bonchev–Trinajstić information content (AvgIpc) is 2.75. The van der Waals surface area contributed by atoms with Crippen LogP contribution in [0.15, 0.2) is 42.7 Å². The van der Waals surface area contributed by atoms with Crippen LogP contribution in [0.3, 0.4) is 0 Å². The molecular weight excluding hydrogens is 217 g/mol. The summed E-state index contributed by atoms with van der Waals surface area (Å²) in [6, 6.07) is 8.08. The molecule has 2 nitrogen and oxygen atoms in total. The van der Waals surface area contributed by atoms with Crippen molar-refractivity contribution in [1.82, 2.24) is 4.57 Å². The Hall–Kier alpha value is -1.90. The Morgan fingerprint density at radius 3 is 2.53 bits per heavy atom. The van der Waals surface area contributed by atoms with Crippen LogP contribution in [0.4, 0.5) is 4.39 Å². The number of carbonyl (C=O) groups is 1. The molecule has 1 heterocycles. The maximum absolute atomic E-state index is 12.7. The molecule has 1 aromatic heterocycles. The summed E-state index contributed by atoms with van der Waals surface area (Å²) >= 11 is 0. The number of benzene rings is 1. The van der Waals surface area contributed by atoms with Crippen LogP contribution in [0.1, 0.15) is 22.3 Å². The van der Waals surface area contributed by atoms with Gasteiger partial charge in [0, 0.05) is 31.4 Å². The first kappa shape index (κ1) is 11.6. The van der Waals surface area contributed by atoms with Gasteiger partial charge in [0.25, 0.3) is 0 Å². The average molecular weight is 231 g/mol. The zero-order valence-corrected chi connectivity index (χ0v) is 9.69. The Labute approximate surface area is 99.7 Å². The van der Waals surface area contributed by atoms with Crippen LogP contribution in [-0.4, -0.2) is 10.4 Å². The van der Waals surface area contributed by atoms with Crippen molar-refractivity contribution in [2.45, 2.75) is 12.8 Å². The molecule has 2 aromatic rings. The van der Waals surface area contributed by atoms with Crippen LogP contribution < -0.4 is 0 Å². The van der Waals surface area contributed by atoms with E-state index >= 15 is 0 Å². The van der Waals surface area contributed by atoms with Crippen molar-refractivity contribution < 1.29 is 9.18 Å². The zero-order chi connectivity index (χ0) is 12.3. The van der Waals surface area contributed by atoms with Gasteiger partial charge in [-0.2, -0.15) is 0 Å². The lowest BCUT2D eigenvalue weighted by Crippen LogP contribution is -2.00. The fourth-order valence-corrected chi connectivity index (χ4v) is 1.72. The van der Waals surface area contributed by atoms with Crippen LogP contribution >= 0.6 is 0 Å². The molecule has 0 saturated carbocycles. The molecule has 17 heavy (non-hydrogen) atoms. The molecule has 0 spiro atoms. The highest BCUT2D eigenvalue weighted by Crippen LogP contribution is 2.09. The summed E-state index contributed by atoms with van der Waals surface area (Å²) in [7, 11) is 1.89. The minimum Gasteiger partial charge on any atom is -0.357 e. The van der Waals surface area contributed by atoms with E-state index in [2.05, 4.69) is 0 Å². The van der Waals surface area contributed by atoms with Gasteiger partial charge in [0.15, 0.2) is 5.78 Å². The molecule has 0 aliphatic heterocycles. The van der Waals surface area contributed by atoms with E-state index in [1.54, 1.807) is 12.1 Å². The standard InChI is InChI=1S/C14H14FNO/c1-16-9-8-12(10-16)14(17)7-4-11-2-5-13(15)6-3-11/h2-3,5-6,8-10H,4,7H2,1H3. The molecule has 0 fully saturated rings. The second-order valence-electron chi connectivity index (χ2n) is 4.12. The van der Waals surface area contributed by atoms with E-state index in [9.17, 15) is 9.18 Å². The lowest BCUT2D eigenvalue weighted by Gasteiger charge is -2.00. The third-order valence-corrected chi connectivity index (χ3v) is 2.71. The first-order chi connectivity index (χ1) is 8.15. The largest absolute Gasteiger partial charge is 0.357 e. The topological polar surface area (TPSA) is 22.0 Å². The number of aryl methyl sites for hydroxylation is 2. The summed E-state index contributed by atoms with van der Waals surface area (Å²) in [5.41, 5.74) is 1.71. The summed E-state index contributed by atoms with van der Waals surface area (Å²) in [6.45, 7) is 0. The van der Waals surface area contributed by atoms with Crippen molar-refractivity contribution >= 4 is 5.78 Å². The van der Waals surface area contributed by atoms with Crippen molar-refractivity contribution in [2.75, 3.05) is 0 Å². The van der Waals surface area contributed by atoms with Gasteiger partial charge in [-0.3, -0.25) is 4.79 Å². The van der Waals surface area contributed by atoms with Gasteiger partial charge in [-0.15, -0.1) is 0 Å². The number of carbonyl (C=O) groups excluding carboxylic acids is 1. The molecule has 0 amide bonds. The van der Waals surface area contributed by atoms with Crippen LogP contribution in [0.25, 0.3) is 0 Å². The van der Waals surface area contributed by atoms with Crippen LogP contribution in [0.5, 0.6) is 0 Å². The second-order valence-corrected chi connectivity index (χ2v) is 4.12. The predicted octanol–water partition coefficient (Wildman–Crippen LogP) is 2.98. The molecule has 0 atom stereocenters. The Kier molecular flexibility index (Phi) is 3.38. The second kappa shape index (κ2) is 4.95. The maximum atomic E-state index is 12.7. The first-order valence-corrected chi connectivity index (χ1v) is 5.55. The fraction of sp³-hybridized carbons (Fsp3) is 0.214. The lowest BCUT2D eigenvalue weighted by atomic mass is 10.0. The van der Waals surface area contributed by atoms with Gasteiger partial charge in [0.2, 0.25) is 0 Å². The maximum Gasteiger partial charge on any atom is 0.164 e. The normalized spacial score (nSPS) is 10.5. The lowest BCUT2D eigenvalue weighted by molar-refractivity contribution is 0.0983. The summed E-state index contributed by atoms with van der Waals surface area (Å²) in [4.78, 5) is 11.8. The van der Waals surface area contributed by atoms with Crippen molar-refractivity contribution in [1.29, 1.82) is 0 Å². The van der Waals surface area contributed by atoms with Crippen molar-refractivity contribution in [3.63, 3.8) is 0 Å². The molecule has 0 saturated heterocycles. The van der Waals surface area contributed by atoms with Gasteiger partial charge < -0.3 is 4.57 Å². The Morgan fingerprint density at radius 2 is 1.94 bits per heavy atom. The molecular formula is C14H14FNO. The molecule has 0 bridgehead atoms. The van der Waals surface area contributed by atoms with Gasteiger partial charge in [0.05, 0.1) is 0 Å². The number of nitrogens with zero attached hydrogens (tertiary/aromatic N) is 1. The minimum absolute atomic E-state index is 0.120. The number of aromatic nitrogens is 1. The van der Waals surface area contributed by atoms with E-state index in [1.807, 2.05) is 30.1 Å². The molecule has 0 unspecified atom stereocenters. The SMILES string of the molecule is Cn1ccc(C(=O)CCc2ccc(F)cc2)c1. The molecule has 3 heteroatoms. The summed E-state index contributed by atoms with van der Waals surface area (Å²) in [5, 5.41) is 0. The van der Waals surface area contributed by atoms with Crippen LogP contribution in [0.2, 0.25) is 0 Å². The molecule has 88 valence electrons. The number of ketones is 1. The zero-order valence-electron chi connectivity index (χ0n) is 9.69. The number of halogens is 1. The van der Waals surface area contributed by atoms with Gasteiger partial charge in [-0.25, -0.2) is 4.39 Å². The van der Waals surface area contributed by atoms with Gasteiger partial charge in [-0.05, 0) is 30.2 Å². The quantitative estimate of drug-likeness (QED) is 0.741. The van der Waals surface area contributed by atoms with Gasteiger partial charge >= 0.3 is 0 Å². The molecule has 0 aliphatic carbocycles. The van der Waals surface area contributed by atoms with Crippen LogP contribution in [0, 0.1) is 5.82 Å².